The van der Waals surface area contributed by atoms with Crippen LogP contribution in [0.3, 0.4) is 0 Å². The van der Waals surface area contributed by atoms with E-state index in [2.05, 4.69) is 15.3 Å². The summed E-state index contributed by atoms with van der Waals surface area (Å²) < 4.78 is 0. The van der Waals surface area contributed by atoms with Crippen LogP contribution < -0.4 is 11.1 Å². The molecule has 0 saturated heterocycles. The third-order valence-corrected chi connectivity index (χ3v) is 1.58. The van der Waals surface area contributed by atoms with E-state index in [0.717, 1.165) is 18.7 Å². The summed E-state index contributed by atoms with van der Waals surface area (Å²) in [6.45, 7) is 0.794. The lowest BCUT2D eigenvalue weighted by Crippen LogP contribution is -2.17. The van der Waals surface area contributed by atoms with Crippen LogP contribution in [-0.2, 0) is 6.42 Å². The van der Waals surface area contributed by atoms with Gasteiger partial charge in [0, 0.05) is 18.7 Å². The molecule has 1 rings (SSSR count). The normalized spacial score (nSPS) is 10.1. The van der Waals surface area contributed by atoms with Crippen LogP contribution in [0.2, 0.25) is 0 Å². The van der Waals surface area contributed by atoms with Crippen molar-refractivity contribution in [1.29, 1.82) is 0 Å². The maximum absolute atomic E-state index is 10.8. The summed E-state index contributed by atoms with van der Waals surface area (Å²) in [4.78, 5) is 17.4. The molecule has 0 aliphatic heterocycles. The molecule has 1 aromatic rings. The molecule has 0 radical (unpaired) electrons. The van der Waals surface area contributed by atoms with Crippen LogP contribution in [0, 0.1) is 0 Å². The number of nitrogens with two attached hydrogens (primary N) is 1. The number of rotatable bonds is 4. The van der Waals surface area contributed by atoms with Gasteiger partial charge < -0.3 is 16.0 Å². The second kappa shape index (κ2) is 3.87. The molecule has 0 saturated carbocycles. The highest BCUT2D eigenvalue weighted by Gasteiger charge is 2.09. The Labute approximate surface area is 70.4 Å². The Hall–Kier alpha value is -1.36. The predicted molar refractivity (Wildman–Crippen MR) is 44.7 cm³/mol. The minimum Gasteiger partial charge on any atom is -0.364 e. The number of primary amides is 1. The molecule has 4 N–H and O–H groups in total. The van der Waals surface area contributed by atoms with E-state index < -0.39 is 5.91 Å². The molecule has 0 aliphatic rings. The first-order valence-corrected chi connectivity index (χ1v) is 3.72. The third kappa shape index (κ3) is 1.82. The molecule has 0 atom stereocenters. The Kier molecular flexibility index (Phi) is 2.82. The highest BCUT2D eigenvalue weighted by atomic mass is 16.1. The van der Waals surface area contributed by atoms with Gasteiger partial charge in [0.25, 0.3) is 5.91 Å². The lowest BCUT2D eigenvalue weighted by molar-refractivity contribution is 0.0995. The summed E-state index contributed by atoms with van der Waals surface area (Å²) >= 11 is 0. The van der Waals surface area contributed by atoms with Crippen molar-refractivity contribution in [3.63, 3.8) is 0 Å². The first kappa shape index (κ1) is 8.73. The molecular weight excluding hydrogens is 156 g/mol. The number of nitrogens with zero attached hydrogens (tertiary/aromatic N) is 1. The van der Waals surface area contributed by atoms with Crippen molar-refractivity contribution in [1.82, 2.24) is 15.3 Å². The van der Waals surface area contributed by atoms with Crippen LogP contribution in [0.15, 0.2) is 6.33 Å². The maximum atomic E-state index is 10.8. The van der Waals surface area contributed by atoms with Gasteiger partial charge in [-0.3, -0.25) is 4.79 Å². The van der Waals surface area contributed by atoms with Gasteiger partial charge in [-0.25, -0.2) is 4.98 Å². The van der Waals surface area contributed by atoms with Crippen molar-refractivity contribution >= 4 is 5.91 Å². The van der Waals surface area contributed by atoms with Gasteiger partial charge in [-0.15, -0.1) is 0 Å². The van der Waals surface area contributed by atoms with E-state index in [4.69, 9.17) is 5.73 Å². The Balaban J connectivity index is 2.70. The summed E-state index contributed by atoms with van der Waals surface area (Å²) in [6.07, 6.45) is 2.21. The van der Waals surface area contributed by atoms with Gasteiger partial charge in [0.1, 0.15) is 5.69 Å². The van der Waals surface area contributed by atoms with Crippen molar-refractivity contribution in [2.75, 3.05) is 13.6 Å². The number of aromatic amines is 1. The average Bonchev–Trinajstić information content (AvgIpc) is 2.48. The van der Waals surface area contributed by atoms with Crippen molar-refractivity contribution in [3.8, 4) is 0 Å². The molecular formula is C7H12N4O. The van der Waals surface area contributed by atoms with Gasteiger partial charge >= 0.3 is 0 Å². The summed E-state index contributed by atoms with van der Waals surface area (Å²) in [5.41, 5.74) is 6.22. The Morgan fingerprint density at radius 1 is 1.83 bits per heavy atom. The number of imidazole rings is 1. The number of carbonyl (C=O) groups is 1. The molecule has 1 aromatic heterocycles. The van der Waals surface area contributed by atoms with Gasteiger partial charge in [-0.2, -0.15) is 0 Å². The molecule has 1 amide bonds. The molecule has 0 spiro atoms. The predicted octanol–water partition coefficient (Wildman–Crippen LogP) is -0.730. The fourth-order valence-electron chi connectivity index (χ4n) is 0.974. The van der Waals surface area contributed by atoms with Crippen LogP contribution in [-0.4, -0.2) is 29.5 Å². The van der Waals surface area contributed by atoms with Crippen molar-refractivity contribution in [2.45, 2.75) is 6.42 Å². The van der Waals surface area contributed by atoms with Crippen molar-refractivity contribution in [2.24, 2.45) is 5.73 Å². The number of carbonyl (C=O) groups excluding carboxylic acids is 1. The molecule has 5 heteroatoms. The molecule has 1 heterocycles. The number of hydrogen-bond donors (Lipinski definition) is 3. The van der Waals surface area contributed by atoms with E-state index in [9.17, 15) is 4.79 Å². The fraction of sp³-hybridized carbons (Fsp3) is 0.429. The quantitative estimate of drug-likeness (QED) is 0.554. The van der Waals surface area contributed by atoms with Gasteiger partial charge in [-0.05, 0) is 7.05 Å². The first-order chi connectivity index (χ1) is 5.75. The standard InChI is InChI=1S/C7H12N4O/c1-9-3-2-5-6(7(8)12)11-4-10-5/h4,9H,2-3H2,1H3,(H2,8,12)(H,10,11). The molecule has 12 heavy (non-hydrogen) atoms. The number of aromatic nitrogens is 2. The van der Waals surface area contributed by atoms with Crippen LogP contribution in [0.25, 0.3) is 0 Å². The van der Waals surface area contributed by atoms with E-state index in [0.29, 0.717) is 5.69 Å². The van der Waals surface area contributed by atoms with Gasteiger partial charge in [0.2, 0.25) is 0 Å². The summed E-state index contributed by atoms with van der Waals surface area (Å²) in [5, 5.41) is 2.97. The number of hydrogen-bond acceptors (Lipinski definition) is 3. The summed E-state index contributed by atoms with van der Waals surface area (Å²) in [5.74, 6) is -0.484. The molecule has 0 aromatic carbocycles. The van der Waals surface area contributed by atoms with Crippen LogP contribution in [0.1, 0.15) is 16.2 Å². The Morgan fingerprint density at radius 3 is 3.17 bits per heavy atom. The molecule has 0 fully saturated rings. The molecule has 0 unspecified atom stereocenters. The molecule has 5 nitrogen and oxygen atoms in total. The van der Waals surface area contributed by atoms with Gasteiger partial charge in [0.15, 0.2) is 0 Å². The van der Waals surface area contributed by atoms with Crippen LogP contribution in [0.4, 0.5) is 0 Å². The topological polar surface area (TPSA) is 83.8 Å². The second-order valence-corrected chi connectivity index (χ2v) is 2.45. The molecule has 66 valence electrons. The van der Waals surface area contributed by atoms with Crippen molar-refractivity contribution < 1.29 is 4.79 Å². The zero-order chi connectivity index (χ0) is 8.97. The monoisotopic (exact) mass is 168 g/mol. The summed E-state index contributed by atoms with van der Waals surface area (Å²) in [7, 11) is 1.85. The smallest absolute Gasteiger partial charge is 0.269 e. The minimum absolute atomic E-state index is 0.338. The number of nitrogens with one attached hydrogen (secondary N) is 2. The lowest BCUT2D eigenvalue weighted by Gasteiger charge is -1.97. The van der Waals surface area contributed by atoms with Gasteiger partial charge in [0.05, 0.1) is 6.33 Å². The highest BCUT2D eigenvalue weighted by molar-refractivity contribution is 5.91. The van der Waals surface area contributed by atoms with E-state index in [1.165, 1.54) is 6.33 Å². The lowest BCUT2D eigenvalue weighted by atomic mass is 10.2. The fourth-order valence-corrected chi connectivity index (χ4v) is 0.974. The average molecular weight is 168 g/mol. The van der Waals surface area contributed by atoms with E-state index in [1.807, 2.05) is 7.05 Å². The Morgan fingerprint density at radius 2 is 2.58 bits per heavy atom. The SMILES string of the molecule is CNCCc1[nH]cnc1C(N)=O. The number of likely N-dealkylation sites (N-methyl/N-ethyl adjacent to an activating group) is 1. The zero-order valence-electron chi connectivity index (χ0n) is 6.92. The second-order valence-electron chi connectivity index (χ2n) is 2.45. The van der Waals surface area contributed by atoms with Crippen molar-refractivity contribution in [3.05, 3.63) is 17.7 Å². The number of H-pyrrole nitrogens is 1. The van der Waals surface area contributed by atoms with Gasteiger partial charge in [-0.1, -0.05) is 0 Å². The largest absolute Gasteiger partial charge is 0.364 e. The maximum Gasteiger partial charge on any atom is 0.269 e. The molecule has 0 bridgehead atoms. The highest BCUT2D eigenvalue weighted by Crippen LogP contribution is 2.01. The molecule has 0 aliphatic carbocycles. The van der Waals surface area contributed by atoms with E-state index in [1.54, 1.807) is 0 Å². The van der Waals surface area contributed by atoms with Crippen LogP contribution in [0.5, 0.6) is 0 Å². The van der Waals surface area contributed by atoms with E-state index >= 15 is 0 Å². The van der Waals surface area contributed by atoms with Crippen LogP contribution >= 0.6 is 0 Å². The zero-order valence-corrected chi connectivity index (χ0v) is 6.92. The van der Waals surface area contributed by atoms with E-state index in [-0.39, 0.29) is 0 Å². The minimum atomic E-state index is -0.484. The third-order valence-electron chi connectivity index (χ3n) is 1.58. The summed E-state index contributed by atoms with van der Waals surface area (Å²) in [6, 6.07) is 0. The Bertz CT molecular complexity index is 268. The number of amides is 1. The first-order valence-electron chi connectivity index (χ1n) is 3.72.